The van der Waals surface area contributed by atoms with E-state index in [-0.39, 0.29) is 0 Å². The molecule has 21 heavy (non-hydrogen) atoms. The fourth-order valence-electron chi connectivity index (χ4n) is 1.85. The van der Waals surface area contributed by atoms with Crippen molar-refractivity contribution in [1.82, 2.24) is 4.98 Å². The van der Waals surface area contributed by atoms with Gasteiger partial charge in [-0.15, -0.1) is 0 Å². The minimum atomic E-state index is 0.467. The van der Waals surface area contributed by atoms with Gasteiger partial charge in [0.05, 0.1) is 22.9 Å². The smallest absolute Gasteiger partial charge is 0.184 e. The number of hydrogen-bond donors (Lipinski definition) is 1. The average Bonchev–Trinajstić information content (AvgIpc) is 2.86. The Bertz CT molecular complexity index is 613. The third kappa shape index (κ3) is 3.99. The number of ether oxygens (including phenoxy) is 2. The molecule has 1 aromatic heterocycles. The molecular formula is C15H21ClN2O2S. The van der Waals surface area contributed by atoms with E-state index in [9.17, 15) is 0 Å². The third-order valence-electron chi connectivity index (χ3n) is 2.91. The van der Waals surface area contributed by atoms with Crippen molar-refractivity contribution in [2.24, 2.45) is 5.92 Å². The van der Waals surface area contributed by atoms with Crippen LogP contribution >= 0.6 is 22.9 Å². The van der Waals surface area contributed by atoms with Crippen molar-refractivity contribution in [2.45, 2.75) is 20.8 Å². The molecule has 1 aromatic carbocycles. The van der Waals surface area contributed by atoms with Gasteiger partial charge in [-0.3, -0.25) is 0 Å². The van der Waals surface area contributed by atoms with Crippen molar-refractivity contribution in [3.63, 3.8) is 0 Å². The van der Waals surface area contributed by atoms with E-state index in [1.807, 2.05) is 13.0 Å². The van der Waals surface area contributed by atoms with Gasteiger partial charge in [0.25, 0.3) is 0 Å². The van der Waals surface area contributed by atoms with Crippen LogP contribution in [0.1, 0.15) is 19.4 Å². The standard InChI is InChI=1S/C15H21ClN2O2S/c1-9(2)8-20-11-7-10(3)12(16)14-13(11)18-15(21-14)17-5-6-19-4/h7,9H,5-6,8H2,1-4H3,(H,17,18). The van der Waals surface area contributed by atoms with Crippen LogP contribution in [-0.4, -0.2) is 31.9 Å². The second-order valence-electron chi connectivity index (χ2n) is 5.33. The summed E-state index contributed by atoms with van der Waals surface area (Å²) in [6, 6.07) is 1.96. The lowest BCUT2D eigenvalue weighted by atomic mass is 10.2. The number of halogens is 1. The molecule has 0 bridgehead atoms. The lowest BCUT2D eigenvalue weighted by molar-refractivity contribution is 0.211. The van der Waals surface area contributed by atoms with Crippen LogP contribution < -0.4 is 10.1 Å². The number of rotatable bonds is 7. The van der Waals surface area contributed by atoms with E-state index in [0.717, 1.165) is 38.2 Å². The van der Waals surface area contributed by atoms with Gasteiger partial charge in [-0.1, -0.05) is 36.8 Å². The number of nitrogens with one attached hydrogen (secondary N) is 1. The summed E-state index contributed by atoms with van der Waals surface area (Å²) >= 11 is 7.94. The van der Waals surface area contributed by atoms with Gasteiger partial charge in [0.2, 0.25) is 0 Å². The van der Waals surface area contributed by atoms with Crippen molar-refractivity contribution in [1.29, 1.82) is 0 Å². The molecule has 0 fully saturated rings. The highest BCUT2D eigenvalue weighted by Crippen LogP contribution is 2.39. The van der Waals surface area contributed by atoms with Gasteiger partial charge < -0.3 is 14.8 Å². The third-order valence-corrected chi connectivity index (χ3v) is 4.54. The van der Waals surface area contributed by atoms with E-state index in [2.05, 4.69) is 24.1 Å². The zero-order valence-corrected chi connectivity index (χ0v) is 14.4. The maximum atomic E-state index is 6.40. The molecule has 0 amide bonds. The lowest BCUT2D eigenvalue weighted by Gasteiger charge is -2.10. The first-order valence-electron chi connectivity index (χ1n) is 6.98. The normalized spacial score (nSPS) is 11.3. The molecule has 4 nitrogen and oxygen atoms in total. The summed E-state index contributed by atoms with van der Waals surface area (Å²) in [6.07, 6.45) is 0. The molecule has 0 unspecified atom stereocenters. The summed E-state index contributed by atoms with van der Waals surface area (Å²) in [5.74, 6) is 1.27. The summed E-state index contributed by atoms with van der Waals surface area (Å²) in [7, 11) is 1.68. The molecule has 6 heteroatoms. The maximum Gasteiger partial charge on any atom is 0.184 e. The second-order valence-corrected chi connectivity index (χ2v) is 6.70. The quantitative estimate of drug-likeness (QED) is 0.767. The molecule has 0 atom stereocenters. The summed E-state index contributed by atoms with van der Waals surface area (Å²) in [6.45, 7) is 8.26. The van der Waals surface area contributed by atoms with Gasteiger partial charge in [0.15, 0.2) is 5.13 Å². The zero-order chi connectivity index (χ0) is 15.4. The number of methoxy groups -OCH3 is 1. The van der Waals surface area contributed by atoms with Crippen LogP contribution in [0.3, 0.4) is 0 Å². The molecular weight excluding hydrogens is 308 g/mol. The predicted molar refractivity (Wildman–Crippen MR) is 90.1 cm³/mol. The SMILES string of the molecule is COCCNc1nc2c(OCC(C)C)cc(C)c(Cl)c2s1. The zero-order valence-electron chi connectivity index (χ0n) is 12.8. The summed E-state index contributed by atoms with van der Waals surface area (Å²) < 4.78 is 11.9. The highest BCUT2D eigenvalue weighted by molar-refractivity contribution is 7.22. The van der Waals surface area contributed by atoms with Gasteiger partial charge in [0, 0.05) is 13.7 Å². The van der Waals surface area contributed by atoms with Crippen LogP contribution in [-0.2, 0) is 4.74 Å². The molecule has 116 valence electrons. The van der Waals surface area contributed by atoms with Gasteiger partial charge >= 0.3 is 0 Å². The number of benzene rings is 1. The Kier molecular flexibility index (Phi) is 5.67. The molecule has 0 aliphatic carbocycles. The Morgan fingerprint density at radius 3 is 2.86 bits per heavy atom. The number of aryl methyl sites for hydroxylation is 1. The van der Waals surface area contributed by atoms with Gasteiger partial charge in [-0.25, -0.2) is 4.98 Å². The van der Waals surface area contributed by atoms with E-state index >= 15 is 0 Å². The minimum Gasteiger partial charge on any atom is -0.491 e. The van der Waals surface area contributed by atoms with Gasteiger partial charge in [-0.05, 0) is 24.5 Å². The summed E-state index contributed by atoms with van der Waals surface area (Å²) in [4.78, 5) is 4.61. The fraction of sp³-hybridized carbons (Fsp3) is 0.533. The monoisotopic (exact) mass is 328 g/mol. The number of thiazole rings is 1. The van der Waals surface area contributed by atoms with Gasteiger partial charge in [-0.2, -0.15) is 0 Å². The minimum absolute atomic E-state index is 0.467. The molecule has 1 N–H and O–H groups in total. The first kappa shape index (κ1) is 16.3. The molecule has 2 rings (SSSR count). The fourth-order valence-corrected chi connectivity index (χ4v) is 3.10. The summed E-state index contributed by atoms with van der Waals surface area (Å²) in [5.41, 5.74) is 1.84. The molecule has 0 aliphatic rings. The van der Waals surface area contributed by atoms with Crippen molar-refractivity contribution in [3.05, 3.63) is 16.7 Å². The Balaban J connectivity index is 2.32. The molecule has 0 saturated carbocycles. The van der Waals surface area contributed by atoms with Gasteiger partial charge in [0.1, 0.15) is 11.3 Å². The Hall–Kier alpha value is -1.04. The predicted octanol–water partition coefficient (Wildman–Crippen LogP) is 4.35. The summed E-state index contributed by atoms with van der Waals surface area (Å²) in [5, 5.41) is 4.83. The van der Waals surface area contributed by atoms with Crippen LogP contribution in [0.2, 0.25) is 5.02 Å². The number of nitrogens with zero attached hydrogens (tertiary/aromatic N) is 1. The van der Waals surface area contributed by atoms with Crippen molar-refractivity contribution >= 4 is 38.3 Å². The molecule has 0 spiro atoms. The Labute approximate surface area is 134 Å². The number of fused-ring (bicyclic) bond motifs is 1. The maximum absolute atomic E-state index is 6.40. The van der Waals surface area contributed by atoms with Crippen LogP contribution in [0.25, 0.3) is 10.2 Å². The average molecular weight is 329 g/mol. The number of anilines is 1. The largest absolute Gasteiger partial charge is 0.491 e. The van der Waals surface area contributed by atoms with Crippen LogP contribution in [0.15, 0.2) is 6.07 Å². The highest BCUT2D eigenvalue weighted by Gasteiger charge is 2.15. The highest BCUT2D eigenvalue weighted by atomic mass is 35.5. The Morgan fingerprint density at radius 1 is 1.43 bits per heavy atom. The lowest BCUT2D eigenvalue weighted by Crippen LogP contribution is -2.07. The van der Waals surface area contributed by atoms with Crippen LogP contribution in [0.5, 0.6) is 5.75 Å². The number of hydrogen-bond acceptors (Lipinski definition) is 5. The van der Waals surface area contributed by atoms with Crippen molar-refractivity contribution in [2.75, 3.05) is 32.2 Å². The first-order valence-corrected chi connectivity index (χ1v) is 8.17. The van der Waals surface area contributed by atoms with Crippen LogP contribution in [0, 0.1) is 12.8 Å². The molecule has 1 heterocycles. The van der Waals surface area contributed by atoms with E-state index in [4.69, 9.17) is 21.1 Å². The second kappa shape index (κ2) is 7.29. The first-order chi connectivity index (χ1) is 10.0. The van der Waals surface area contributed by atoms with E-state index in [1.165, 1.54) is 0 Å². The van der Waals surface area contributed by atoms with Crippen LogP contribution in [0.4, 0.5) is 5.13 Å². The number of aromatic nitrogens is 1. The van der Waals surface area contributed by atoms with E-state index in [0.29, 0.717) is 19.1 Å². The topological polar surface area (TPSA) is 43.4 Å². The molecule has 0 aliphatic heterocycles. The van der Waals surface area contributed by atoms with Crippen molar-refractivity contribution < 1.29 is 9.47 Å². The van der Waals surface area contributed by atoms with E-state index < -0.39 is 0 Å². The Morgan fingerprint density at radius 2 is 2.19 bits per heavy atom. The molecule has 0 saturated heterocycles. The van der Waals surface area contributed by atoms with E-state index in [1.54, 1.807) is 18.4 Å². The molecule has 2 aromatic rings. The molecule has 0 radical (unpaired) electrons. The van der Waals surface area contributed by atoms with Crippen molar-refractivity contribution in [3.8, 4) is 5.75 Å².